The summed E-state index contributed by atoms with van der Waals surface area (Å²) in [7, 11) is -2.19. The fourth-order valence-corrected chi connectivity index (χ4v) is 4.49. The molecule has 2 amide bonds. The first-order valence-corrected chi connectivity index (χ1v) is 12.9. The Morgan fingerprint density at radius 1 is 1.12 bits per heavy atom. The molecule has 0 aliphatic rings. The van der Waals surface area contributed by atoms with Gasteiger partial charge in [-0.1, -0.05) is 30.3 Å². The van der Waals surface area contributed by atoms with Gasteiger partial charge in [-0.3, -0.25) is 13.9 Å². The molecule has 0 spiro atoms. The number of para-hydroxylation sites is 2. The van der Waals surface area contributed by atoms with Gasteiger partial charge >= 0.3 is 0 Å². The number of benzene rings is 2. The van der Waals surface area contributed by atoms with Crippen molar-refractivity contribution in [2.45, 2.75) is 39.3 Å². The van der Waals surface area contributed by atoms with Gasteiger partial charge in [0.25, 0.3) is 0 Å². The molecule has 2 rings (SSSR count). The van der Waals surface area contributed by atoms with E-state index in [1.54, 1.807) is 56.3 Å². The second-order valence-electron chi connectivity index (χ2n) is 7.74. The zero-order valence-corrected chi connectivity index (χ0v) is 20.8. The van der Waals surface area contributed by atoms with Gasteiger partial charge < -0.3 is 15.0 Å². The fourth-order valence-electron chi connectivity index (χ4n) is 3.52. The Morgan fingerprint density at radius 3 is 2.38 bits per heavy atom. The lowest BCUT2D eigenvalue weighted by Gasteiger charge is -2.29. The van der Waals surface area contributed by atoms with Gasteiger partial charge in [-0.2, -0.15) is 0 Å². The highest BCUT2D eigenvalue weighted by Gasteiger charge is 2.27. The Kier molecular flexibility index (Phi) is 9.85. The van der Waals surface area contributed by atoms with E-state index in [2.05, 4.69) is 5.32 Å². The van der Waals surface area contributed by atoms with Crippen molar-refractivity contribution in [2.75, 3.05) is 30.8 Å². The van der Waals surface area contributed by atoms with Gasteiger partial charge in [0.05, 0.1) is 18.6 Å². The van der Waals surface area contributed by atoms with E-state index in [9.17, 15) is 22.4 Å². The molecule has 186 valence electrons. The summed E-state index contributed by atoms with van der Waals surface area (Å²) in [6.07, 6.45) is 1.26. The first-order chi connectivity index (χ1) is 16.1. The molecule has 1 atom stereocenters. The SMILES string of the molecule is CCOc1ccccc1N(CCCC(=O)N(Cc1ccccc1F)C(C)C(=O)NC)S(C)(=O)=O. The Morgan fingerprint density at radius 2 is 1.76 bits per heavy atom. The summed E-state index contributed by atoms with van der Waals surface area (Å²) in [4.78, 5) is 26.6. The average molecular weight is 494 g/mol. The quantitative estimate of drug-likeness (QED) is 0.491. The van der Waals surface area contributed by atoms with Crippen molar-refractivity contribution in [3.63, 3.8) is 0 Å². The van der Waals surface area contributed by atoms with Crippen molar-refractivity contribution in [3.05, 3.63) is 59.9 Å². The Bertz CT molecular complexity index is 1090. The molecule has 0 saturated heterocycles. The van der Waals surface area contributed by atoms with Crippen LogP contribution in [0.15, 0.2) is 48.5 Å². The molecule has 2 aromatic rings. The third-order valence-corrected chi connectivity index (χ3v) is 6.48. The van der Waals surface area contributed by atoms with E-state index in [4.69, 9.17) is 4.74 Å². The van der Waals surface area contributed by atoms with Gasteiger partial charge in [-0.15, -0.1) is 0 Å². The molecule has 0 aliphatic carbocycles. The zero-order valence-electron chi connectivity index (χ0n) is 20.0. The summed E-state index contributed by atoms with van der Waals surface area (Å²) >= 11 is 0. The minimum atomic E-state index is -3.65. The van der Waals surface area contributed by atoms with Crippen molar-refractivity contribution in [2.24, 2.45) is 0 Å². The second-order valence-corrected chi connectivity index (χ2v) is 9.65. The van der Waals surface area contributed by atoms with Crippen LogP contribution in [0.5, 0.6) is 5.75 Å². The largest absolute Gasteiger partial charge is 0.492 e. The number of anilines is 1. The minimum Gasteiger partial charge on any atom is -0.492 e. The standard InChI is InChI=1S/C24H32FN3O5S/c1-5-33-22-14-9-8-13-21(22)28(34(4,31)32)16-10-15-23(29)27(18(2)24(30)26-3)17-19-11-6-7-12-20(19)25/h6-9,11-14,18H,5,10,15-17H2,1-4H3,(H,26,30). The minimum absolute atomic E-state index is 0.0292. The van der Waals surface area contributed by atoms with Crippen LogP contribution >= 0.6 is 0 Å². The van der Waals surface area contributed by atoms with E-state index < -0.39 is 21.9 Å². The molecule has 0 heterocycles. The number of halogens is 1. The number of ether oxygens (including phenoxy) is 1. The maximum absolute atomic E-state index is 14.2. The Balaban J connectivity index is 2.20. The molecular formula is C24H32FN3O5S. The number of hydrogen-bond donors (Lipinski definition) is 1. The van der Waals surface area contributed by atoms with Crippen LogP contribution in [0.3, 0.4) is 0 Å². The lowest BCUT2D eigenvalue weighted by molar-refractivity contribution is -0.140. The van der Waals surface area contributed by atoms with E-state index >= 15 is 0 Å². The summed E-state index contributed by atoms with van der Waals surface area (Å²) < 4.78 is 46.0. The summed E-state index contributed by atoms with van der Waals surface area (Å²) in [6, 6.07) is 12.0. The second kappa shape index (κ2) is 12.4. The van der Waals surface area contributed by atoms with Crippen LogP contribution in [0, 0.1) is 5.82 Å². The monoisotopic (exact) mass is 493 g/mol. The number of hydrogen-bond acceptors (Lipinski definition) is 5. The number of carbonyl (C=O) groups is 2. The van der Waals surface area contributed by atoms with Crippen LogP contribution < -0.4 is 14.4 Å². The molecule has 0 aliphatic heterocycles. The maximum Gasteiger partial charge on any atom is 0.242 e. The predicted octanol–water partition coefficient (Wildman–Crippen LogP) is 2.93. The molecule has 8 nitrogen and oxygen atoms in total. The average Bonchev–Trinajstić information content (AvgIpc) is 2.80. The zero-order chi connectivity index (χ0) is 25.3. The Labute approximate surface area is 200 Å². The van der Waals surface area contributed by atoms with Gasteiger partial charge in [0, 0.05) is 32.1 Å². The van der Waals surface area contributed by atoms with Crippen LogP contribution in [0.25, 0.3) is 0 Å². The molecular weight excluding hydrogens is 461 g/mol. The van der Waals surface area contributed by atoms with Crippen molar-refractivity contribution in [3.8, 4) is 5.75 Å². The number of amides is 2. The first kappa shape index (κ1) is 27.1. The fraction of sp³-hybridized carbons (Fsp3) is 0.417. The number of sulfonamides is 1. The molecule has 0 aromatic heterocycles. The summed E-state index contributed by atoms with van der Waals surface area (Å²) in [6.45, 7) is 3.70. The van der Waals surface area contributed by atoms with Crippen LogP contribution in [0.2, 0.25) is 0 Å². The third kappa shape index (κ3) is 7.18. The normalized spacial score (nSPS) is 12.0. The highest BCUT2D eigenvalue weighted by atomic mass is 32.2. The highest BCUT2D eigenvalue weighted by Crippen LogP contribution is 2.30. The highest BCUT2D eigenvalue weighted by molar-refractivity contribution is 7.92. The molecule has 2 aromatic carbocycles. The van der Waals surface area contributed by atoms with Gasteiger partial charge in [0.1, 0.15) is 17.6 Å². The molecule has 0 fully saturated rings. The van der Waals surface area contributed by atoms with E-state index in [1.807, 2.05) is 0 Å². The number of nitrogens with one attached hydrogen (secondary N) is 1. The lowest BCUT2D eigenvalue weighted by Crippen LogP contribution is -2.47. The molecule has 0 bridgehead atoms. The molecule has 1 N–H and O–H groups in total. The van der Waals surface area contributed by atoms with E-state index in [-0.39, 0.29) is 43.3 Å². The predicted molar refractivity (Wildman–Crippen MR) is 130 cm³/mol. The molecule has 1 unspecified atom stereocenters. The van der Waals surface area contributed by atoms with E-state index in [0.717, 1.165) is 6.26 Å². The van der Waals surface area contributed by atoms with Crippen LogP contribution in [-0.4, -0.2) is 57.6 Å². The molecule has 34 heavy (non-hydrogen) atoms. The van der Waals surface area contributed by atoms with E-state index in [1.165, 1.54) is 22.3 Å². The summed E-state index contributed by atoms with van der Waals surface area (Å²) in [5.41, 5.74) is 0.677. The van der Waals surface area contributed by atoms with Crippen molar-refractivity contribution < 1.29 is 27.1 Å². The lowest BCUT2D eigenvalue weighted by atomic mass is 10.1. The summed E-state index contributed by atoms with van der Waals surface area (Å²) in [5.74, 6) is -0.810. The molecule has 0 saturated carbocycles. The smallest absolute Gasteiger partial charge is 0.242 e. The molecule has 0 radical (unpaired) electrons. The van der Waals surface area contributed by atoms with Crippen molar-refractivity contribution >= 4 is 27.5 Å². The van der Waals surface area contributed by atoms with Gasteiger partial charge in [-0.25, -0.2) is 12.8 Å². The topological polar surface area (TPSA) is 96.0 Å². The maximum atomic E-state index is 14.2. The van der Waals surface area contributed by atoms with Gasteiger partial charge in [0.15, 0.2) is 0 Å². The Hall–Kier alpha value is -3.14. The molecule has 10 heteroatoms. The third-order valence-electron chi connectivity index (χ3n) is 5.30. The van der Waals surface area contributed by atoms with E-state index in [0.29, 0.717) is 18.0 Å². The summed E-state index contributed by atoms with van der Waals surface area (Å²) in [5, 5.41) is 2.51. The number of likely N-dealkylation sites (N-methyl/N-ethyl adjacent to an activating group) is 1. The van der Waals surface area contributed by atoms with Crippen LogP contribution in [0.1, 0.15) is 32.3 Å². The van der Waals surface area contributed by atoms with Crippen molar-refractivity contribution in [1.29, 1.82) is 0 Å². The number of nitrogens with zero attached hydrogens (tertiary/aromatic N) is 2. The van der Waals surface area contributed by atoms with Gasteiger partial charge in [-0.05, 0) is 38.5 Å². The number of rotatable bonds is 12. The first-order valence-electron chi connectivity index (χ1n) is 11.0. The number of carbonyl (C=O) groups excluding carboxylic acids is 2. The van der Waals surface area contributed by atoms with Gasteiger partial charge in [0.2, 0.25) is 21.8 Å². The van der Waals surface area contributed by atoms with Crippen LogP contribution in [0.4, 0.5) is 10.1 Å². The van der Waals surface area contributed by atoms with Crippen molar-refractivity contribution in [1.82, 2.24) is 10.2 Å². The van der Waals surface area contributed by atoms with Crippen LogP contribution in [-0.2, 0) is 26.2 Å².